The summed E-state index contributed by atoms with van der Waals surface area (Å²) in [5, 5.41) is 19.7. The number of rotatable bonds is 3. The van der Waals surface area contributed by atoms with Crippen LogP contribution in [0.1, 0.15) is 60.3 Å². The lowest BCUT2D eigenvalue weighted by atomic mass is 9.82. The molecule has 2 N–H and O–H groups in total. The number of aromatic hydroxyl groups is 2. The summed E-state index contributed by atoms with van der Waals surface area (Å²) in [5.41, 5.74) is 4.70. The number of phenols is 2. The third-order valence-corrected chi connectivity index (χ3v) is 4.86. The second kappa shape index (κ2) is 6.43. The first-order valence-electron chi connectivity index (χ1n) is 8.24. The topological polar surface area (TPSA) is 40.5 Å². The summed E-state index contributed by atoms with van der Waals surface area (Å²) in [6, 6.07) is 11.5. The minimum absolute atomic E-state index is 0.300. The molecule has 0 bridgehead atoms. The maximum atomic E-state index is 10.3. The molecule has 1 aliphatic carbocycles. The van der Waals surface area contributed by atoms with Gasteiger partial charge in [-0.1, -0.05) is 37.5 Å². The van der Waals surface area contributed by atoms with Gasteiger partial charge in [-0.2, -0.15) is 0 Å². The summed E-state index contributed by atoms with van der Waals surface area (Å²) in [7, 11) is 0. The van der Waals surface area contributed by atoms with Crippen LogP contribution in [0.15, 0.2) is 36.4 Å². The number of hydrogen-bond acceptors (Lipinski definition) is 2. The molecule has 0 radical (unpaired) electrons. The fraction of sp³-hybridized carbons (Fsp3) is 0.400. The first kappa shape index (κ1) is 15.0. The molecule has 1 saturated carbocycles. The molecule has 0 unspecified atom stereocenters. The molecule has 2 nitrogen and oxygen atoms in total. The molecule has 22 heavy (non-hydrogen) atoms. The van der Waals surface area contributed by atoms with E-state index in [1.165, 1.54) is 43.2 Å². The highest BCUT2D eigenvalue weighted by atomic mass is 16.3. The van der Waals surface area contributed by atoms with Crippen molar-refractivity contribution in [2.24, 2.45) is 0 Å². The normalized spacial score (nSPS) is 15.9. The molecule has 0 atom stereocenters. The van der Waals surface area contributed by atoms with E-state index in [0.29, 0.717) is 17.4 Å². The Morgan fingerprint density at radius 2 is 1.64 bits per heavy atom. The summed E-state index contributed by atoms with van der Waals surface area (Å²) >= 11 is 0. The number of phenolic OH excluding ortho intramolecular Hbond substituents is 2. The van der Waals surface area contributed by atoms with Crippen LogP contribution < -0.4 is 0 Å². The molecule has 0 aromatic heterocycles. The largest absolute Gasteiger partial charge is 0.508 e. The highest BCUT2D eigenvalue weighted by molar-refractivity contribution is 5.45. The molecule has 0 amide bonds. The standard InChI is InChI=1S/C20H24O2/c1-14-11-20(22)19(16-5-3-2-4-6-16)13-17(14)12-15-7-9-18(21)10-8-15/h7-11,13,16,21-22H,2-6,12H2,1H3. The molecule has 0 saturated heterocycles. The quantitative estimate of drug-likeness (QED) is 0.832. The van der Waals surface area contributed by atoms with Gasteiger partial charge in [0.25, 0.3) is 0 Å². The lowest BCUT2D eigenvalue weighted by Crippen LogP contribution is -2.06. The predicted molar refractivity (Wildman–Crippen MR) is 89.6 cm³/mol. The smallest absolute Gasteiger partial charge is 0.119 e. The molecule has 2 aromatic carbocycles. The molecule has 116 valence electrons. The summed E-state index contributed by atoms with van der Waals surface area (Å²) in [4.78, 5) is 0. The Hall–Kier alpha value is -1.96. The Bertz CT molecular complexity index is 638. The van der Waals surface area contributed by atoms with E-state index in [0.717, 1.165) is 17.5 Å². The molecular formula is C20H24O2. The minimum Gasteiger partial charge on any atom is -0.508 e. The Kier molecular flexibility index (Phi) is 4.37. The highest BCUT2D eigenvalue weighted by Crippen LogP contribution is 2.38. The molecule has 0 heterocycles. The van der Waals surface area contributed by atoms with E-state index in [4.69, 9.17) is 0 Å². The van der Waals surface area contributed by atoms with Crippen LogP contribution in [-0.2, 0) is 6.42 Å². The lowest BCUT2D eigenvalue weighted by molar-refractivity contribution is 0.414. The Morgan fingerprint density at radius 3 is 2.32 bits per heavy atom. The molecule has 0 aliphatic heterocycles. The molecule has 0 spiro atoms. The Morgan fingerprint density at radius 1 is 0.955 bits per heavy atom. The Labute approximate surface area is 132 Å². The van der Waals surface area contributed by atoms with Crippen LogP contribution in [0, 0.1) is 6.92 Å². The van der Waals surface area contributed by atoms with Gasteiger partial charge in [-0.25, -0.2) is 0 Å². The van der Waals surface area contributed by atoms with Crippen LogP contribution in [0.4, 0.5) is 0 Å². The maximum Gasteiger partial charge on any atom is 0.119 e. The third kappa shape index (κ3) is 3.27. The molecule has 1 aliphatic rings. The van der Waals surface area contributed by atoms with E-state index in [9.17, 15) is 10.2 Å². The summed E-state index contributed by atoms with van der Waals surface area (Å²) in [6.45, 7) is 2.06. The van der Waals surface area contributed by atoms with Crippen LogP contribution >= 0.6 is 0 Å². The average Bonchev–Trinajstić information content (AvgIpc) is 2.53. The fourth-order valence-electron chi connectivity index (χ4n) is 3.52. The van der Waals surface area contributed by atoms with Crippen molar-refractivity contribution in [3.63, 3.8) is 0 Å². The minimum atomic E-state index is 0.300. The van der Waals surface area contributed by atoms with Crippen molar-refractivity contribution in [3.8, 4) is 11.5 Å². The highest BCUT2D eigenvalue weighted by Gasteiger charge is 2.19. The monoisotopic (exact) mass is 296 g/mol. The van der Waals surface area contributed by atoms with Gasteiger partial charge >= 0.3 is 0 Å². The predicted octanol–water partition coefficient (Wildman–Crippen LogP) is 5.04. The molecule has 2 heteroatoms. The van der Waals surface area contributed by atoms with Gasteiger partial charge in [0.15, 0.2) is 0 Å². The van der Waals surface area contributed by atoms with Gasteiger partial charge in [-0.3, -0.25) is 0 Å². The van der Waals surface area contributed by atoms with Crippen molar-refractivity contribution in [1.82, 2.24) is 0 Å². The summed E-state index contributed by atoms with van der Waals surface area (Å²) in [5.74, 6) is 1.26. The molecular weight excluding hydrogens is 272 g/mol. The lowest BCUT2D eigenvalue weighted by Gasteiger charge is -2.24. The second-order valence-corrected chi connectivity index (χ2v) is 6.52. The first-order valence-corrected chi connectivity index (χ1v) is 8.24. The number of aryl methyl sites for hydroxylation is 1. The van der Waals surface area contributed by atoms with E-state index in [2.05, 4.69) is 13.0 Å². The molecule has 1 fully saturated rings. The fourth-order valence-corrected chi connectivity index (χ4v) is 3.52. The van der Waals surface area contributed by atoms with E-state index < -0.39 is 0 Å². The number of hydrogen-bond donors (Lipinski definition) is 2. The van der Waals surface area contributed by atoms with Gasteiger partial charge in [0.1, 0.15) is 11.5 Å². The van der Waals surface area contributed by atoms with Gasteiger partial charge < -0.3 is 10.2 Å². The van der Waals surface area contributed by atoms with Crippen LogP contribution in [-0.4, -0.2) is 10.2 Å². The number of benzene rings is 2. The summed E-state index contributed by atoms with van der Waals surface area (Å²) in [6.07, 6.45) is 7.08. The zero-order valence-corrected chi connectivity index (χ0v) is 13.2. The van der Waals surface area contributed by atoms with Crippen LogP contribution in [0.3, 0.4) is 0 Å². The second-order valence-electron chi connectivity index (χ2n) is 6.52. The zero-order valence-electron chi connectivity index (χ0n) is 13.2. The van der Waals surface area contributed by atoms with Gasteiger partial charge in [0.05, 0.1) is 0 Å². The first-order chi connectivity index (χ1) is 10.6. The van der Waals surface area contributed by atoms with Gasteiger partial charge in [-0.05, 0) is 72.6 Å². The van der Waals surface area contributed by atoms with Crippen molar-refractivity contribution in [3.05, 3.63) is 58.7 Å². The van der Waals surface area contributed by atoms with Gasteiger partial charge in [0, 0.05) is 0 Å². The van der Waals surface area contributed by atoms with E-state index in [1.807, 2.05) is 18.2 Å². The average molecular weight is 296 g/mol. The van der Waals surface area contributed by atoms with Crippen molar-refractivity contribution in [1.29, 1.82) is 0 Å². The van der Waals surface area contributed by atoms with Crippen LogP contribution in [0.25, 0.3) is 0 Å². The van der Waals surface area contributed by atoms with Crippen molar-refractivity contribution in [2.75, 3.05) is 0 Å². The molecule has 2 aromatic rings. The zero-order chi connectivity index (χ0) is 15.5. The maximum absolute atomic E-state index is 10.3. The van der Waals surface area contributed by atoms with Crippen molar-refractivity contribution >= 4 is 0 Å². The van der Waals surface area contributed by atoms with Crippen molar-refractivity contribution in [2.45, 2.75) is 51.4 Å². The van der Waals surface area contributed by atoms with E-state index in [1.54, 1.807) is 12.1 Å². The van der Waals surface area contributed by atoms with E-state index >= 15 is 0 Å². The third-order valence-electron chi connectivity index (χ3n) is 4.86. The Balaban J connectivity index is 1.88. The summed E-state index contributed by atoms with van der Waals surface area (Å²) < 4.78 is 0. The van der Waals surface area contributed by atoms with Crippen molar-refractivity contribution < 1.29 is 10.2 Å². The van der Waals surface area contributed by atoms with Crippen LogP contribution in [0.5, 0.6) is 11.5 Å². The van der Waals surface area contributed by atoms with Gasteiger partial charge in [0.2, 0.25) is 0 Å². The van der Waals surface area contributed by atoms with E-state index in [-0.39, 0.29) is 0 Å². The SMILES string of the molecule is Cc1cc(O)c(C2CCCCC2)cc1Cc1ccc(O)cc1. The van der Waals surface area contributed by atoms with Gasteiger partial charge in [-0.15, -0.1) is 0 Å². The van der Waals surface area contributed by atoms with Crippen LogP contribution in [0.2, 0.25) is 0 Å². The molecule has 3 rings (SSSR count).